The van der Waals surface area contributed by atoms with E-state index in [0.29, 0.717) is 0 Å². The third kappa shape index (κ3) is 4.47. The van der Waals surface area contributed by atoms with E-state index in [4.69, 9.17) is 4.42 Å². The Bertz CT molecular complexity index is 2810. The first-order valence-electron chi connectivity index (χ1n) is 16.8. The minimum absolute atomic E-state index is 0.913. The van der Waals surface area contributed by atoms with E-state index in [2.05, 4.69) is 170 Å². The summed E-state index contributed by atoms with van der Waals surface area (Å²) >= 11 is 0. The van der Waals surface area contributed by atoms with Gasteiger partial charge in [-0.1, -0.05) is 158 Å². The van der Waals surface area contributed by atoms with Crippen molar-refractivity contribution in [2.24, 2.45) is 0 Å². The van der Waals surface area contributed by atoms with E-state index in [9.17, 15) is 0 Å². The van der Waals surface area contributed by atoms with Crippen molar-refractivity contribution in [1.82, 2.24) is 0 Å². The van der Waals surface area contributed by atoms with Crippen LogP contribution in [0.25, 0.3) is 98.8 Å². The topological polar surface area (TPSA) is 13.1 Å². The van der Waals surface area contributed by atoms with Gasteiger partial charge in [0.25, 0.3) is 0 Å². The van der Waals surface area contributed by atoms with Crippen LogP contribution in [0.3, 0.4) is 0 Å². The van der Waals surface area contributed by atoms with Gasteiger partial charge in [0.1, 0.15) is 11.2 Å². The summed E-state index contributed by atoms with van der Waals surface area (Å²) in [6.07, 6.45) is 0. The molecule has 0 aliphatic heterocycles. The van der Waals surface area contributed by atoms with Crippen molar-refractivity contribution in [3.05, 3.63) is 182 Å². The molecule has 1 aromatic heterocycles. The van der Waals surface area contributed by atoms with E-state index in [0.717, 1.165) is 27.5 Å². The van der Waals surface area contributed by atoms with Gasteiger partial charge >= 0.3 is 0 Å². The van der Waals surface area contributed by atoms with Crippen molar-refractivity contribution in [3.63, 3.8) is 0 Å². The van der Waals surface area contributed by atoms with Crippen molar-refractivity contribution in [1.29, 1.82) is 0 Å². The SMILES string of the molecule is c1cc(-c2ccc(-c3c4ccccc4c(-c4ccc5c(c4)oc4ccccc45)c4ccccc34)cc2)cc(-c2cccc3ccccc23)c1. The smallest absolute Gasteiger partial charge is 0.136 e. The lowest BCUT2D eigenvalue weighted by Gasteiger charge is -2.18. The molecule has 0 amide bonds. The summed E-state index contributed by atoms with van der Waals surface area (Å²) in [4.78, 5) is 0. The van der Waals surface area contributed by atoms with Crippen LogP contribution >= 0.6 is 0 Å². The van der Waals surface area contributed by atoms with Gasteiger partial charge in [-0.3, -0.25) is 0 Å². The molecular weight excluding hydrogens is 593 g/mol. The van der Waals surface area contributed by atoms with Crippen LogP contribution in [0.15, 0.2) is 186 Å². The first kappa shape index (κ1) is 27.7. The number of fused-ring (bicyclic) bond motifs is 6. The molecule has 0 spiro atoms. The highest BCUT2D eigenvalue weighted by atomic mass is 16.3. The second-order valence-corrected chi connectivity index (χ2v) is 12.8. The number of hydrogen-bond donors (Lipinski definition) is 0. The molecule has 0 saturated carbocycles. The molecule has 0 fully saturated rings. The summed E-state index contributed by atoms with van der Waals surface area (Å²) in [6, 6.07) is 65.8. The molecule has 1 nitrogen and oxygen atoms in total. The van der Waals surface area contributed by atoms with Gasteiger partial charge in [0.15, 0.2) is 0 Å². The van der Waals surface area contributed by atoms with Crippen LogP contribution in [0.4, 0.5) is 0 Å². The minimum atomic E-state index is 0.913. The molecule has 0 saturated heterocycles. The highest BCUT2D eigenvalue weighted by molar-refractivity contribution is 6.22. The maximum Gasteiger partial charge on any atom is 0.136 e. The molecule has 0 bridgehead atoms. The van der Waals surface area contributed by atoms with Crippen molar-refractivity contribution in [2.75, 3.05) is 0 Å². The van der Waals surface area contributed by atoms with E-state index in [1.807, 2.05) is 12.1 Å². The van der Waals surface area contributed by atoms with Gasteiger partial charge in [-0.25, -0.2) is 0 Å². The Kier molecular flexibility index (Phi) is 6.25. The lowest BCUT2D eigenvalue weighted by atomic mass is 9.85. The number of furan rings is 1. The van der Waals surface area contributed by atoms with Crippen LogP contribution in [-0.2, 0) is 0 Å². The molecule has 9 aromatic carbocycles. The van der Waals surface area contributed by atoms with Gasteiger partial charge in [-0.15, -0.1) is 0 Å². The molecule has 0 aliphatic rings. The lowest BCUT2D eigenvalue weighted by molar-refractivity contribution is 0.669. The summed E-state index contributed by atoms with van der Waals surface area (Å²) in [7, 11) is 0. The van der Waals surface area contributed by atoms with Crippen LogP contribution in [0, 0.1) is 0 Å². The van der Waals surface area contributed by atoms with E-state index < -0.39 is 0 Å². The molecule has 49 heavy (non-hydrogen) atoms. The molecule has 0 unspecified atom stereocenters. The Labute approximate surface area is 284 Å². The predicted octanol–water partition coefficient (Wildman–Crippen LogP) is 13.7. The summed E-state index contributed by atoms with van der Waals surface area (Å²) in [5, 5.41) is 9.79. The third-order valence-electron chi connectivity index (χ3n) is 10.1. The molecule has 0 N–H and O–H groups in total. The molecule has 10 rings (SSSR count). The highest BCUT2D eigenvalue weighted by Crippen LogP contribution is 2.45. The Morgan fingerprint density at radius 3 is 1.51 bits per heavy atom. The summed E-state index contributed by atoms with van der Waals surface area (Å²) in [5.41, 5.74) is 11.6. The van der Waals surface area contributed by atoms with E-state index in [1.54, 1.807) is 0 Å². The van der Waals surface area contributed by atoms with Gasteiger partial charge in [-0.2, -0.15) is 0 Å². The third-order valence-corrected chi connectivity index (χ3v) is 10.1. The normalized spacial score (nSPS) is 11.7. The summed E-state index contributed by atoms with van der Waals surface area (Å²) in [5.74, 6) is 0. The highest BCUT2D eigenvalue weighted by Gasteiger charge is 2.18. The molecule has 0 radical (unpaired) electrons. The maximum atomic E-state index is 6.33. The van der Waals surface area contributed by atoms with Crippen LogP contribution in [0.5, 0.6) is 0 Å². The number of rotatable bonds is 4. The standard InChI is InChI=1S/C48H30O/c1-2-15-37-32(11-1)12-10-21-38(37)35-14-9-13-34(29-35)31-23-25-33(26-24-31)47-41-17-3-5-19-43(41)48(44-20-6-4-18-42(44)47)36-27-28-40-39-16-7-8-22-45(39)49-46(40)30-36/h1-30H. The average Bonchev–Trinajstić information content (AvgIpc) is 3.55. The fraction of sp³-hybridized carbons (Fsp3) is 0. The van der Waals surface area contributed by atoms with Crippen molar-refractivity contribution in [2.45, 2.75) is 0 Å². The fourth-order valence-corrected chi connectivity index (χ4v) is 7.80. The zero-order chi connectivity index (χ0) is 32.3. The monoisotopic (exact) mass is 622 g/mol. The van der Waals surface area contributed by atoms with Gasteiger partial charge in [-0.05, 0) is 101 Å². The van der Waals surface area contributed by atoms with Gasteiger partial charge in [0.2, 0.25) is 0 Å². The molecule has 1 heterocycles. The second kappa shape index (κ2) is 11.1. The van der Waals surface area contributed by atoms with Gasteiger partial charge in [0, 0.05) is 10.8 Å². The zero-order valence-electron chi connectivity index (χ0n) is 26.7. The van der Waals surface area contributed by atoms with Crippen molar-refractivity contribution in [3.8, 4) is 44.5 Å². The van der Waals surface area contributed by atoms with E-state index in [-0.39, 0.29) is 0 Å². The largest absolute Gasteiger partial charge is 0.456 e. The van der Waals surface area contributed by atoms with E-state index >= 15 is 0 Å². The molecule has 0 aliphatic carbocycles. The fourth-order valence-electron chi connectivity index (χ4n) is 7.80. The van der Waals surface area contributed by atoms with Crippen molar-refractivity contribution < 1.29 is 4.42 Å². The average molecular weight is 623 g/mol. The van der Waals surface area contributed by atoms with Crippen LogP contribution in [0.1, 0.15) is 0 Å². The number of para-hydroxylation sites is 1. The quantitative estimate of drug-likeness (QED) is 0.178. The Hall–Kier alpha value is -6.44. The molecule has 0 atom stereocenters. The van der Waals surface area contributed by atoms with Crippen LogP contribution in [-0.4, -0.2) is 0 Å². The maximum absolute atomic E-state index is 6.33. The minimum Gasteiger partial charge on any atom is -0.456 e. The zero-order valence-corrected chi connectivity index (χ0v) is 26.7. The summed E-state index contributed by atoms with van der Waals surface area (Å²) in [6.45, 7) is 0. The lowest BCUT2D eigenvalue weighted by Crippen LogP contribution is -1.91. The first-order valence-corrected chi connectivity index (χ1v) is 16.8. The first-order chi connectivity index (χ1) is 24.3. The Morgan fingerprint density at radius 2 is 0.776 bits per heavy atom. The molecular formula is C48H30O. The molecule has 10 aromatic rings. The second-order valence-electron chi connectivity index (χ2n) is 12.8. The Balaban J connectivity index is 1.11. The molecule has 1 heteroatoms. The number of benzene rings is 9. The van der Waals surface area contributed by atoms with E-state index in [1.165, 1.54) is 71.3 Å². The van der Waals surface area contributed by atoms with Crippen LogP contribution in [0.2, 0.25) is 0 Å². The summed E-state index contributed by atoms with van der Waals surface area (Å²) < 4.78 is 6.33. The molecule has 228 valence electrons. The van der Waals surface area contributed by atoms with Crippen molar-refractivity contribution >= 4 is 54.3 Å². The number of hydrogen-bond acceptors (Lipinski definition) is 1. The Morgan fingerprint density at radius 1 is 0.265 bits per heavy atom. The van der Waals surface area contributed by atoms with Crippen LogP contribution < -0.4 is 0 Å². The predicted molar refractivity (Wildman–Crippen MR) is 208 cm³/mol. The van der Waals surface area contributed by atoms with Gasteiger partial charge < -0.3 is 4.42 Å². The van der Waals surface area contributed by atoms with Gasteiger partial charge in [0.05, 0.1) is 0 Å².